The largest absolute Gasteiger partial charge is 0.484 e. The normalized spacial score (nSPS) is 14.2. The van der Waals surface area contributed by atoms with E-state index in [4.69, 9.17) is 16.3 Å². The number of amides is 1. The molecule has 1 aliphatic heterocycles. The Bertz CT molecular complexity index is 1230. The molecule has 1 aliphatic rings. The lowest BCUT2D eigenvalue weighted by Crippen LogP contribution is -2.50. The van der Waals surface area contributed by atoms with E-state index in [-0.39, 0.29) is 22.4 Å². The summed E-state index contributed by atoms with van der Waals surface area (Å²) in [7, 11) is -3.75. The molecule has 0 radical (unpaired) electrons. The molecule has 1 saturated heterocycles. The number of carbonyl (C=O) groups is 1. The van der Waals surface area contributed by atoms with Crippen molar-refractivity contribution in [2.75, 3.05) is 42.4 Å². The summed E-state index contributed by atoms with van der Waals surface area (Å²) in [4.78, 5) is 20.3. The van der Waals surface area contributed by atoms with Crippen LogP contribution in [-0.4, -0.2) is 57.0 Å². The number of halogens is 2. The second-order valence-electron chi connectivity index (χ2n) is 7.17. The fraction of sp³-hybridized carbons (Fsp3) is 0.238. The number of hydrogen-bond acceptors (Lipinski definition) is 7. The average Bonchev–Trinajstić information content (AvgIpc) is 3.32. The van der Waals surface area contributed by atoms with Gasteiger partial charge in [0.1, 0.15) is 11.6 Å². The zero-order chi connectivity index (χ0) is 23.4. The van der Waals surface area contributed by atoms with E-state index in [1.165, 1.54) is 41.8 Å². The SMILES string of the molecule is O=C(COc1ccc(F)c(Cl)c1)N1CCN(c2cccc(S(=O)(=O)Nc3nccs3)c2)CC1. The lowest BCUT2D eigenvalue weighted by Gasteiger charge is -2.36. The highest BCUT2D eigenvalue weighted by Gasteiger charge is 2.23. The lowest BCUT2D eigenvalue weighted by molar-refractivity contribution is -0.133. The van der Waals surface area contributed by atoms with Crippen molar-refractivity contribution in [2.24, 2.45) is 0 Å². The number of ether oxygens (including phenoxy) is 1. The van der Waals surface area contributed by atoms with Gasteiger partial charge in [0.25, 0.3) is 15.9 Å². The maximum Gasteiger partial charge on any atom is 0.263 e. The standard InChI is InChI=1S/C21H20ClFN4O4S2/c22-18-13-16(4-5-19(18)23)31-14-20(28)27-9-7-26(8-10-27)15-2-1-3-17(12-15)33(29,30)25-21-24-6-11-32-21/h1-6,11-13H,7-10,14H2,(H,24,25). The van der Waals surface area contributed by atoms with Gasteiger partial charge in [-0.2, -0.15) is 0 Å². The fourth-order valence-electron chi connectivity index (χ4n) is 3.31. The molecule has 8 nitrogen and oxygen atoms in total. The molecule has 3 aromatic rings. The van der Waals surface area contributed by atoms with Crippen LogP contribution in [0.1, 0.15) is 0 Å². The first-order chi connectivity index (χ1) is 15.8. The Kier molecular flexibility index (Phi) is 7.01. The van der Waals surface area contributed by atoms with Gasteiger partial charge in [0.2, 0.25) is 0 Å². The molecule has 1 aromatic heterocycles. The monoisotopic (exact) mass is 510 g/mol. The maximum atomic E-state index is 13.2. The number of nitrogens with one attached hydrogen (secondary N) is 1. The summed E-state index contributed by atoms with van der Waals surface area (Å²) in [5.41, 5.74) is 0.751. The van der Waals surface area contributed by atoms with Gasteiger partial charge in [-0.3, -0.25) is 9.52 Å². The third kappa shape index (κ3) is 5.73. The van der Waals surface area contributed by atoms with Crippen molar-refractivity contribution in [2.45, 2.75) is 4.90 Å². The van der Waals surface area contributed by atoms with Crippen LogP contribution in [0, 0.1) is 5.82 Å². The first-order valence-corrected chi connectivity index (χ1v) is 12.7. The van der Waals surface area contributed by atoms with Crippen molar-refractivity contribution in [3.8, 4) is 5.75 Å². The van der Waals surface area contributed by atoms with E-state index in [9.17, 15) is 17.6 Å². The molecule has 0 unspecified atom stereocenters. The van der Waals surface area contributed by atoms with Gasteiger partial charge in [0.15, 0.2) is 11.7 Å². The number of hydrogen-bond donors (Lipinski definition) is 1. The van der Waals surface area contributed by atoms with Crippen molar-refractivity contribution in [3.63, 3.8) is 0 Å². The second kappa shape index (κ2) is 9.94. The number of anilines is 2. The first-order valence-electron chi connectivity index (χ1n) is 9.95. The van der Waals surface area contributed by atoms with Gasteiger partial charge >= 0.3 is 0 Å². The zero-order valence-electron chi connectivity index (χ0n) is 17.3. The van der Waals surface area contributed by atoms with Crippen molar-refractivity contribution in [1.82, 2.24) is 9.88 Å². The minimum Gasteiger partial charge on any atom is -0.484 e. The van der Waals surface area contributed by atoms with Crippen molar-refractivity contribution in [3.05, 3.63) is 64.9 Å². The molecule has 0 spiro atoms. The van der Waals surface area contributed by atoms with Crippen molar-refractivity contribution in [1.29, 1.82) is 0 Å². The quantitative estimate of drug-likeness (QED) is 0.523. The van der Waals surface area contributed by atoms with Gasteiger partial charge in [-0.25, -0.2) is 17.8 Å². The van der Waals surface area contributed by atoms with Crippen LogP contribution in [0.15, 0.2) is 58.9 Å². The topological polar surface area (TPSA) is 91.8 Å². The van der Waals surface area contributed by atoms with Crippen LogP contribution in [-0.2, 0) is 14.8 Å². The Hall–Kier alpha value is -2.89. The molecule has 1 amide bonds. The molecule has 174 valence electrons. The summed E-state index contributed by atoms with van der Waals surface area (Å²) in [5, 5.41) is 1.92. The van der Waals surface area contributed by atoms with Crippen LogP contribution >= 0.6 is 22.9 Å². The average molecular weight is 511 g/mol. The molecule has 2 heterocycles. The minimum atomic E-state index is -3.75. The lowest BCUT2D eigenvalue weighted by atomic mass is 10.2. The Balaban J connectivity index is 1.33. The van der Waals surface area contributed by atoms with Crippen LogP contribution in [0.5, 0.6) is 5.75 Å². The summed E-state index contributed by atoms with van der Waals surface area (Å²) < 4.78 is 46.4. The van der Waals surface area contributed by atoms with Crippen LogP contribution in [0.2, 0.25) is 5.02 Å². The molecular weight excluding hydrogens is 491 g/mol. The number of thiazole rings is 1. The molecule has 0 bridgehead atoms. The van der Waals surface area contributed by atoms with Crippen LogP contribution in [0.3, 0.4) is 0 Å². The molecule has 12 heteroatoms. The minimum absolute atomic E-state index is 0.0698. The fourth-order valence-corrected chi connectivity index (χ4v) is 5.31. The van der Waals surface area contributed by atoms with Crippen molar-refractivity contribution >= 4 is 49.7 Å². The van der Waals surface area contributed by atoms with E-state index in [1.54, 1.807) is 22.4 Å². The summed E-state index contributed by atoms with van der Waals surface area (Å²) >= 11 is 6.93. The molecule has 2 aromatic carbocycles. The van der Waals surface area contributed by atoms with E-state index in [2.05, 4.69) is 9.71 Å². The number of rotatable bonds is 7. The number of carbonyl (C=O) groups excluding carboxylic acids is 1. The van der Waals surface area contributed by atoms with Gasteiger partial charge in [-0.1, -0.05) is 17.7 Å². The zero-order valence-corrected chi connectivity index (χ0v) is 19.7. The maximum absolute atomic E-state index is 13.2. The number of benzene rings is 2. The molecule has 1 fully saturated rings. The van der Waals surface area contributed by atoms with Gasteiger partial charge in [0, 0.05) is 49.5 Å². The van der Waals surface area contributed by atoms with E-state index < -0.39 is 15.8 Å². The molecule has 0 atom stereocenters. The first kappa shape index (κ1) is 23.3. The van der Waals surface area contributed by atoms with E-state index >= 15 is 0 Å². The van der Waals surface area contributed by atoms with Crippen LogP contribution < -0.4 is 14.4 Å². The van der Waals surface area contributed by atoms with Gasteiger partial charge in [0.05, 0.1) is 9.92 Å². The molecule has 1 N–H and O–H groups in total. The van der Waals surface area contributed by atoms with E-state index in [1.807, 2.05) is 11.0 Å². The van der Waals surface area contributed by atoms with Gasteiger partial charge in [-0.15, -0.1) is 11.3 Å². The summed E-state index contributed by atoms with van der Waals surface area (Å²) in [6, 6.07) is 10.6. The number of nitrogens with zero attached hydrogens (tertiary/aromatic N) is 3. The van der Waals surface area contributed by atoms with Crippen LogP contribution in [0.25, 0.3) is 0 Å². The third-order valence-corrected chi connectivity index (χ3v) is 7.48. The highest BCUT2D eigenvalue weighted by atomic mass is 35.5. The number of piperazine rings is 1. The molecule has 4 rings (SSSR count). The van der Waals surface area contributed by atoms with Gasteiger partial charge in [-0.05, 0) is 30.3 Å². The summed E-state index contributed by atoms with van der Waals surface area (Å²) in [6.07, 6.45) is 1.53. The third-order valence-electron chi connectivity index (χ3n) is 5.03. The predicted molar refractivity (Wildman–Crippen MR) is 125 cm³/mol. The molecule has 33 heavy (non-hydrogen) atoms. The highest BCUT2D eigenvalue weighted by molar-refractivity contribution is 7.93. The molecule has 0 aliphatic carbocycles. The number of sulfonamides is 1. The molecule has 0 saturated carbocycles. The predicted octanol–water partition coefficient (Wildman–Crippen LogP) is 3.46. The summed E-state index contributed by atoms with van der Waals surface area (Å²) in [5.74, 6) is -0.431. The van der Waals surface area contributed by atoms with Crippen LogP contribution in [0.4, 0.5) is 15.2 Å². The highest BCUT2D eigenvalue weighted by Crippen LogP contribution is 2.24. The Labute approximate surface area is 199 Å². The van der Waals surface area contributed by atoms with Gasteiger partial charge < -0.3 is 14.5 Å². The summed E-state index contributed by atoms with van der Waals surface area (Å²) in [6.45, 7) is 1.81. The smallest absolute Gasteiger partial charge is 0.263 e. The molecular formula is C21H20ClFN4O4S2. The van der Waals surface area contributed by atoms with E-state index in [0.717, 1.165) is 5.69 Å². The Morgan fingerprint density at radius 3 is 2.67 bits per heavy atom. The Morgan fingerprint density at radius 1 is 1.18 bits per heavy atom. The number of aromatic nitrogens is 1. The van der Waals surface area contributed by atoms with E-state index in [0.29, 0.717) is 37.1 Å². The van der Waals surface area contributed by atoms with Crippen molar-refractivity contribution < 1.29 is 22.3 Å². The second-order valence-corrected chi connectivity index (χ2v) is 10.2. The Morgan fingerprint density at radius 2 is 1.97 bits per heavy atom.